The zero-order valence-electron chi connectivity index (χ0n) is 12.2. The predicted octanol–water partition coefficient (Wildman–Crippen LogP) is 3.14. The lowest BCUT2D eigenvalue weighted by Gasteiger charge is -2.08. The molecule has 0 radical (unpaired) electrons. The highest BCUT2D eigenvalue weighted by molar-refractivity contribution is 5.59. The van der Waals surface area contributed by atoms with Gasteiger partial charge in [-0.25, -0.2) is 4.98 Å². The summed E-state index contributed by atoms with van der Waals surface area (Å²) in [6.07, 6.45) is 0. The molecule has 0 saturated heterocycles. The van der Waals surface area contributed by atoms with Gasteiger partial charge in [-0.2, -0.15) is 5.10 Å². The molecule has 3 aromatic rings. The van der Waals surface area contributed by atoms with Gasteiger partial charge in [-0.05, 0) is 25.0 Å². The van der Waals surface area contributed by atoms with Crippen molar-refractivity contribution < 1.29 is 0 Å². The van der Waals surface area contributed by atoms with E-state index in [1.807, 2.05) is 55.5 Å². The summed E-state index contributed by atoms with van der Waals surface area (Å²) in [4.78, 5) is 4.55. The molecule has 21 heavy (non-hydrogen) atoms. The number of nitrogens with one attached hydrogen (secondary N) is 1. The Kier molecular flexibility index (Phi) is 3.54. The summed E-state index contributed by atoms with van der Waals surface area (Å²) < 4.78 is 0. The van der Waals surface area contributed by atoms with E-state index in [2.05, 4.69) is 22.1 Å². The van der Waals surface area contributed by atoms with E-state index in [0.717, 1.165) is 16.7 Å². The maximum Gasteiger partial charge on any atom is 0.181 e. The number of H-pyrrole nitrogens is 1. The molecular formula is C17H18N4. The number of nitrogens with zero attached hydrogens (tertiary/aromatic N) is 2. The summed E-state index contributed by atoms with van der Waals surface area (Å²) in [6, 6.07) is 15.9. The van der Waals surface area contributed by atoms with Crippen LogP contribution in [0.25, 0.3) is 11.4 Å². The predicted molar refractivity (Wildman–Crippen MR) is 83.8 cm³/mol. The molecule has 4 heteroatoms. The molecule has 0 saturated carbocycles. The summed E-state index contributed by atoms with van der Waals surface area (Å²) in [7, 11) is 0. The second-order valence-electron chi connectivity index (χ2n) is 5.25. The van der Waals surface area contributed by atoms with Gasteiger partial charge >= 0.3 is 0 Å². The van der Waals surface area contributed by atoms with E-state index in [9.17, 15) is 0 Å². The maximum absolute atomic E-state index is 6.26. The number of aromatic nitrogens is 3. The molecule has 0 aliphatic heterocycles. The largest absolute Gasteiger partial charge is 0.318 e. The monoisotopic (exact) mass is 278 g/mol. The third-order valence-corrected chi connectivity index (χ3v) is 3.62. The van der Waals surface area contributed by atoms with Crippen molar-refractivity contribution in [2.45, 2.75) is 19.9 Å². The van der Waals surface area contributed by atoms with E-state index < -0.39 is 0 Å². The standard InChI is InChI=1S/C17H18N4/c1-11-7-9-13(10-8-11)15(18)17-19-16(20-21-17)14-6-4-3-5-12(14)2/h3-10,15H,18H2,1-2H3,(H,19,20,21). The quantitative estimate of drug-likeness (QED) is 0.773. The molecule has 2 aromatic carbocycles. The van der Waals surface area contributed by atoms with Crippen LogP contribution in [0.4, 0.5) is 0 Å². The minimum atomic E-state index is -0.295. The van der Waals surface area contributed by atoms with Gasteiger partial charge in [0.1, 0.15) is 5.82 Å². The summed E-state index contributed by atoms with van der Waals surface area (Å²) in [5, 5.41) is 7.25. The molecule has 106 valence electrons. The van der Waals surface area contributed by atoms with Gasteiger partial charge < -0.3 is 5.73 Å². The molecule has 0 aliphatic rings. The Morgan fingerprint density at radius 1 is 1.00 bits per heavy atom. The zero-order chi connectivity index (χ0) is 14.8. The van der Waals surface area contributed by atoms with Crippen LogP contribution in [-0.4, -0.2) is 15.2 Å². The summed E-state index contributed by atoms with van der Waals surface area (Å²) >= 11 is 0. The second-order valence-corrected chi connectivity index (χ2v) is 5.25. The third kappa shape index (κ3) is 2.71. The SMILES string of the molecule is Cc1ccc(C(N)c2nc(-c3ccccc3C)n[nH]2)cc1. The fourth-order valence-electron chi connectivity index (χ4n) is 2.29. The molecule has 0 bridgehead atoms. The third-order valence-electron chi connectivity index (χ3n) is 3.62. The van der Waals surface area contributed by atoms with E-state index in [0.29, 0.717) is 11.6 Å². The van der Waals surface area contributed by atoms with Crippen molar-refractivity contribution in [3.63, 3.8) is 0 Å². The number of rotatable bonds is 3. The van der Waals surface area contributed by atoms with Gasteiger partial charge in [0.05, 0.1) is 6.04 Å². The van der Waals surface area contributed by atoms with Gasteiger partial charge in [0.2, 0.25) is 0 Å². The number of benzene rings is 2. The van der Waals surface area contributed by atoms with Crippen molar-refractivity contribution in [3.8, 4) is 11.4 Å². The first-order valence-corrected chi connectivity index (χ1v) is 6.95. The fraction of sp³-hybridized carbons (Fsp3) is 0.176. The summed E-state index contributed by atoms with van der Waals surface area (Å²) in [6.45, 7) is 4.10. The van der Waals surface area contributed by atoms with Crippen LogP contribution in [0.1, 0.15) is 28.6 Å². The minimum Gasteiger partial charge on any atom is -0.318 e. The molecule has 0 amide bonds. The number of aromatic amines is 1. The Morgan fingerprint density at radius 2 is 1.71 bits per heavy atom. The van der Waals surface area contributed by atoms with Crippen LogP contribution in [0, 0.1) is 13.8 Å². The molecule has 4 nitrogen and oxygen atoms in total. The second kappa shape index (κ2) is 5.50. The molecule has 3 rings (SSSR count). The van der Waals surface area contributed by atoms with Gasteiger partial charge in [-0.15, -0.1) is 0 Å². The highest BCUT2D eigenvalue weighted by Crippen LogP contribution is 2.22. The van der Waals surface area contributed by atoms with E-state index in [4.69, 9.17) is 5.73 Å². The fourth-order valence-corrected chi connectivity index (χ4v) is 2.29. The van der Waals surface area contributed by atoms with Crippen molar-refractivity contribution >= 4 is 0 Å². The Bertz CT molecular complexity index is 743. The van der Waals surface area contributed by atoms with Crippen LogP contribution in [0.15, 0.2) is 48.5 Å². The Morgan fingerprint density at radius 3 is 2.43 bits per heavy atom. The molecule has 1 aromatic heterocycles. The van der Waals surface area contributed by atoms with E-state index in [-0.39, 0.29) is 6.04 Å². The van der Waals surface area contributed by atoms with Crippen LogP contribution in [0.2, 0.25) is 0 Å². The van der Waals surface area contributed by atoms with Crippen LogP contribution < -0.4 is 5.73 Å². The summed E-state index contributed by atoms with van der Waals surface area (Å²) in [5.41, 5.74) is 10.7. The van der Waals surface area contributed by atoms with Crippen molar-refractivity contribution in [2.75, 3.05) is 0 Å². The Hall–Kier alpha value is -2.46. The molecule has 0 fully saturated rings. The van der Waals surface area contributed by atoms with E-state index in [1.165, 1.54) is 5.56 Å². The van der Waals surface area contributed by atoms with Gasteiger partial charge in [-0.1, -0.05) is 54.1 Å². The van der Waals surface area contributed by atoms with Crippen molar-refractivity contribution in [3.05, 3.63) is 71.0 Å². The van der Waals surface area contributed by atoms with Crippen LogP contribution in [0.3, 0.4) is 0 Å². The van der Waals surface area contributed by atoms with Crippen molar-refractivity contribution in [1.29, 1.82) is 0 Å². The van der Waals surface area contributed by atoms with Crippen molar-refractivity contribution in [1.82, 2.24) is 15.2 Å². The number of hydrogen-bond acceptors (Lipinski definition) is 3. The molecular weight excluding hydrogens is 260 g/mol. The van der Waals surface area contributed by atoms with Gasteiger partial charge in [0.25, 0.3) is 0 Å². The average Bonchev–Trinajstić information content (AvgIpc) is 2.97. The number of nitrogens with two attached hydrogens (primary N) is 1. The first-order valence-electron chi connectivity index (χ1n) is 6.95. The van der Waals surface area contributed by atoms with Crippen molar-refractivity contribution in [2.24, 2.45) is 5.73 Å². The molecule has 0 spiro atoms. The number of aryl methyl sites for hydroxylation is 2. The Balaban J connectivity index is 1.91. The lowest BCUT2D eigenvalue weighted by Crippen LogP contribution is -2.13. The zero-order valence-corrected chi connectivity index (χ0v) is 12.2. The minimum absolute atomic E-state index is 0.295. The summed E-state index contributed by atoms with van der Waals surface area (Å²) in [5.74, 6) is 1.36. The van der Waals surface area contributed by atoms with Crippen LogP contribution >= 0.6 is 0 Å². The topological polar surface area (TPSA) is 67.6 Å². The first-order chi connectivity index (χ1) is 10.1. The molecule has 1 heterocycles. The molecule has 0 aliphatic carbocycles. The highest BCUT2D eigenvalue weighted by Gasteiger charge is 2.15. The first kappa shape index (κ1) is 13.5. The molecule has 3 N–H and O–H groups in total. The Labute approximate surface area is 124 Å². The average molecular weight is 278 g/mol. The lowest BCUT2D eigenvalue weighted by molar-refractivity contribution is 0.787. The van der Waals surface area contributed by atoms with E-state index >= 15 is 0 Å². The van der Waals surface area contributed by atoms with Gasteiger partial charge in [0, 0.05) is 5.56 Å². The molecule has 1 atom stereocenters. The van der Waals surface area contributed by atoms with Crippen LogP contribution in [0.5, 0.6) is 0 Å². The maximum atomic E-state index is 6.26. The number of hydrogen-bond donors (Lipinski definition) is 2. The lowest BCUT2D eigenvalue weighted by atomic mass is 10.1. The van der Waals surface area contributed by atoms with Gasteiger partial charge in [-0.3, -0.25) is 5.10 Å². The highest BCUT2D eigenvalue weighted by atomic mass is 15.2. The van der Waals surface area contributed by atoms with E-state index in [1.54, 1.807) is 0 Å². The molecule has 1 unspecified atom stereocenters. The van der Waals surface area contributed by atoms with Gasteiger partial charge in [0.15, 0.2) is 5.82 Å². The smallest absolute Gasteiger partial charge is 0.181 e. The van der Waals surface area contributed by atoms with Crippen LogP contribution in [-0.2, 0) is 0 Å². The normalized spacial score (nSPS) is 12.3.